The maximum atomic E-state index is 10.5. The van der Waals surface area contributed by atoms with E-state index in [0.717, 1.165) is 6.42 Å². The second kappa shape index (κ2) is 8.04. The van der Waals surface area contributed by atoms with Crippen molar-refractivity contribution in [2.75, 3.05) is 6.61 Å². The molecule has 15 heavy (non-hydrogen) atoms. The molecule has 0 amide bonds. The first kappa shape index (κ1) is 13.7. The van der Waals surface area contributed by atoms with Crippen molar-refractivity contribution in [2.45, 2.75) is 34.1 Å². The van der Waals surface area contributed by atoms with Gasteiger partial charge in [0.05, 0.1) is 6.61 Å². The third kappa shape index (κ3) is 6.72. The molecule has 1 aromatic rings. The van der Waals surface area contributed by atoms with E-state index >= 15 is 0 Å². The Kier molecular flexibility index (Phi) is 7.33. The van der Waals surface area contributed by atoms with Gasteiger partial charge in [-0.3, -0.25) is 4.79 Å². The number of benzene rings is 1. The summed E-state index contributed by atoms with van der Waals surface area (Å²) in [5.74, 6) is -0.216. The van der Waals surface area contributed by atoms with Gasteiger partial charge in [0.2, 0.25) is 0 Å². The SMILES string of the molecule is CC.CC(=O)OCCc1ccc(C)cc1. The largest absolute Gasteiger partial charge is 0.466 e. The Morgan fingerprint density at radius 1 is 1.20 bits per heavy atom. The van der Waals surface area contributed by atoms with Gasteiger partial charge >= 0.3 is 5.97 Å². The normalized spacial score (nSPS) is 8.80. The summed E-state index contributed by atoms with van der Waals surface area (Å²) >= 11 is 0. The number of hydrogen-bond donors (Lipinski definition) is 0. The number of ether oxygens (including phenoxy) is 1. The Balaban J connectivity index is 0.000000921. The van der Waals surface area contributed by atoms with Gasteiger partial charge in [-0.2, -0.15) is 0 Å². The molecule has 0 aliphatic rings. The molecule has 0 heterocycles. The maximum Gasteiger partial charge on any atom is 0.302 e. The van der Waals surface area contributed by atoms with Crippen LogP contribution in [0.15, 0.2) is 24.3 Å². The molecule has 0 saturated carbocycles. The monoisotopic (exact) mass is 208 g/mol. The maximum absolute atomic E-state index is 10.5. The molecule has 1 aromatic carbocycles. The molecule has 0 N–H and O–H groups in total. The molecule has 2 nitrogen and oxygen atoms in total. The van der Waals surface area contributed by atoms with E-state index in [0.29, 0.717) is 6.61 Å². The molecule has 84 valence electrons. The summed E-state index contributed by atoms with van der Waals surface area (Å²) in [6.07, 6.45) is 0.792. The molecule has 0 spiro atoms. The lowest BCUT2D eigenvalue weighted by atomic mass is 10.1. The van der Waals surface area contributed by atoms with Crippen LogP contribution in [-0.4, -0.2) is 12.6 Å². The van der Waals surface area contributed by atoms with E-state index < -0.39 is 0 Å². The average Bonchev–Trinajstić information content (AvgIpc) is 2.23. The minimum Gasteiger partial charge on any atom is -0.466 e. The third-order valence-electron chi connectivity index (χ3n) is 1.82. The predicted molar refractivity (Wildman–Crippen MR) is 62.9 cm³/mol. The Labute approximate surface area is 92.3 Å². The zero-order valence-electron chi connectivity index (χ0n) is 10.0. The zero-order valence-corrected chi connectivity index (χ0v) is 10.0. The summed E-state index contributed by atoms with van der Waals surface area (Å²) in [5, 5.41) is 0. The van der Waals surface area contributed by atoms with Gasteiger partial charge in [-0.25, -0.2) is 0 Å². The summed E-state index contributed by atoms with van der Waals surface area (Å²) in [4.78, 5) is 10.5. The first-order valence-electron chi connectivity index (χ1n) is 5.37. The van der Waals surface area contributed by atoms with Crippen LogP contribution >= 0.6 is 0 Å². The average molecular weight is 208 g/mol. The van der Waals surface area contributed by atoms with Crippen LogP contribution < -0.4 is 0 Å². The van der Waals surface area contributed by atoms with Crippen LogP contribution in [0.4, 0.5) is 0 Å². The molecule has 0 unspecified atom stereocenters. The fraction of sp³-hybridized carbons (Fsp3) is 0.462. The second-order valence-corrected chi connectivity index (χ2v) is 3.08. The molecule has 0 fully saturated rings. The van der Waals surface area contributed by atoms with E-state index in [2.05, 4.69) is 31.2 Å². The van der Waals surface area contributed by atoms with Crippen LogP contribution in [0.5, 0.6) is 0 Å². The van der Waals surface area contributed by atoms with Gasteiger partial charge in [0, 0.05) is 13.3 Å². The number of carbonyl (C=O) groups is 1. The van der Waals surface area contributed by atoms with Gasteiger partial charge in [-0.15, -0.1) is 0 Å². The first-order valence-corrected chi connectivity index (χ1v) is 5.37. The first-order chi connectivity index (χ1) is 7.18. The smallest absolute Gasteiger partial charge is 0.302 e. The van der Waals surface area contributed by atoms with Gasteiger partial charge in [0.25, 0.3) is 0 Å². The summed E-state index contributed by atoms with van der Waals surface area (Å²) in [6.45, 7) is 7.95. The van der Waals surface area contributed by atoms with Crippen LogP contribution in [0.1, 0.15) is 31.9 Å². The van der Waals surface area contributed by atoms with Crippen molar-refractivity contribution < 1.29 is 9.53 Å². The predicted octanol–water partition coefficient (Wildman–Crippen LogP) is 3.13. The van der Waals surface area contributed by atoms with Crippen LogP contribution in [0, 0.1) is 6.92 Å². The van der Waals surface area contributed by atoms with E-state index in [-0.39, 0.29) is 5.97 Å². The lowest BCUT2D eigenvalue weighted by Crippen LogP contribution is -2.03. The number of hydrogen-bond acceptors (Lipinski definition) is 2. The summed E-state index contributed by atoms with van der Waals surface area (Å²) in [6, 6.07) is 8.23. The van der Waals surface area contributed by atoms with Crippen LogP contribution in [0.25, 0.3) is 0 Å². The van der Waals surface area contributed by atoms with Crippen molar-refractivity contribution >= 4 is 5.97 Å². The number of rotatable bonds is 3. The van der Waals surface area contributed by atoms with Crippen molar-refractivity contribution in [3.05, 3.63) is 35.4 Å². The molecule has 0 aliphatic heterocycles. The fourth-order valence-electron chi connectivity index (χ4n) is 1.07. The molecule has 2 heteroatoms. The Hall–Kier alpha value is -1.31. The van der Waals surface area contributed by atoms with Gasteiger partial charge in [-0.05, 0) is 12.5 Å². The highest BCUT2D eigenvalue weighted by Crippen LogP contribution is 2.03. The van der Waals surface area contributed by atoms with Crippen LogP contribution in [-0.2, 0) is 16.0 Å². The summed E-state index contributed by atoms with van der Waals surface area (Å²) in [7, 11) is 0. The van der Waals surface area contributed by atoms with Crippen molar-refractivity contribution in [2.24, 2.45) is 0 Å². The Morgan fingerprint density at radius 2 is 1.73 bits per heavy atom. The summed E-state index contributed by atoms with van der Waals surface area (Å²) in [5.41, 5.74) is 2.45. The van der Waals surface area contributed by atoms with Gasteiger partial charge in [0.15, 0.2) is 0 Å². The van der Waals surface area contributed by atoms with Crippen molar-refractivity contribution in [1.29, 1.82) is 0 Å². The second-order valence-electron chi connectivity index (χ2n) is 3.08. The molecule has 0 radical (unpaired) electrons. The Bertz CT molecular complexity index is 275. The van der Waals surface area contributed by atoms with Crippen molar-refractivity contribution in [3.8, 4) is 0 Å². The number of esters is 1. The highest BCUT2D eigenvalue weighted by molar-refractivity contribution is 5.65. The van der Waals surface area contributed by atoms with E-state index in [1.165, 1.54) is 18.1 Å². The van der Waals surface area contributed by atoms with Crippen molar-refractivity contribution in [3.63, 3.8) is 0 Å². The van der Waals surface area contributed by atoms with E-state index in [1.54, 1.807) is 0 Å². The molecule has 0 aromatic heterocycles. The van der Waals surface area contributed by atoms with Gasteiger partial charge in [-0.1, -0.05) is 43.7 Å². The molecular weight excluding hydrogens is 188 g/mol. The molecular formula is C13H20O2. The number of carbonyl (C=O) groups excluding carboxylic acids is 1. The van der Waals surface area contributed by atoms with Gasteiger partial charge in [0.1, 0.15) is 0 Å². The fourth-order valence-corrected chi connectivity index (χ4v) is 1.07. The van der Waals surface area contributed by atoms with E-state index in [4.69, 9.17) is 4.74 Å². The summed E-state index contributed by atoms with van der Waals surface area (Å²) < 4.78 is 4.84. The molecule has 0 aliphatic carbocycles. The lowest BCUT2D eigenvalue weighted by molar-refractivity contribution is -0.140. The highest BCUT2D eigenvalue weighted by atomic mass is 16.5. The van der Waals surface area contributed by atoms with Gasteiger partial charge < -0.3 is 4.74 Å². The van der Waals surface area contributed by atoms with E-state index in [9.17, 15) is 4.79 Å². The van der Waals surface area contributed by atoms with E-state index in [1.807, 2.05) is 13.8 Å². The lowest BCUT2D eigenvalue weighted by Gasteiger charge is -2.02. The molecule has 0 atom stereocenters. The third-order valence-corrected chi connectivity index (χ3v) is 1.82. The molecule has 1 rings (SSSR count). The standard InChI is InChI=1S/C11H14O2.C2H6/c1-9-3-5-11(6-4-9)7-8-13-10(2)12;1-2/h3-6H,7-8H2,1-2H3;1-2H3. The highest BCUT2D eigenvalue weighted by Gasteiger charge is 1.94. The molecule has 0 saturated heterocycles. The topological polar surface area (TPSA) is 26.3 Å². The Morgan fingerprint density at radius 3 is 2.20 bits per heavy atom. The minimum atomic E-state index is -0.216. The molecule has 0 bridgehead atoms. The quantitative estimate of drug-likeness (QED) is 0.713. The zero-order chi connectivity index (χ0) is 11.7. The number of aryl methyl sites for hydroxylation is 1. The van der Waals surface area contributed by atoms with Crippen molar-refractivity contribution in [1.82, 2.24) is 0 Å². The van der Waals surface area contributed by atoms with Crippen LogP contribution in [0.2, 0.25) is 0 Å². The van der Waals surface area contributed by atoms with Crippen LogP contribution in [0.3, 0.4) is 0 Å². The minimum absolute atomic E-state index is 0.216.